The Labute approximate surface area is 123 Å². The maximum atomic E-state index is 10.6. The van der Waals surface area contributed by atoms with Crippen LogP contribution in [0.3, 0.4) is 0 Å². The Hall–Kier alpha value is -2.40. The number of ether oxygens (including phenoxy) is 1. The smallest absolute Gasteiger partial charge is 0.269 e. The van der Waals surface area contributed by atoms with Crippen LogP contribution in [0.4, 0.5) is 5.69 Å². The highest BCUT2D eigenvalue weighted by Gasteiger charge is 2.09. The van der Waals surface area contributed by atoms with Gasteiger partial charge in [-0.15, -0.1) is 0 Å². The van der Waals surface area contributed by atoms with Crippen molar-refractivity contribution < 1.29 is 9.66 Å². The van der Waals surface area contributed by atoms with E-state index in [4.69, 9.17) is 4.74 Å². The quantitative estimate of drug-likeness (QED) is 0.615. The van der Waals surface area contributed by atoms with Crippen molar-refractivity contribution >= 4 is 5.69 Å². The molecule has 0 heterocycles. The van der Waals surface area contributed by atoms with E-state index in [1.54, 1.807) is 12.1 Å². The fourth-order valence-electron chi connectivity index (χ4n) is 1.91. The molecule has 5 nitrogen and oxygen atoms in total. The normalized spacial score (nSPS) is 12.2. The molecular formula is C16H18N2O3. The van der Waals surface area contributed by atoms with Gasteiger partial charge in [-0.25, -0.2) is 0 Å². The number of rotatable bonds is 5. The maximum absolute atomic E-state index is 10.6. The summed E-state index contributed by atoms with van der Waals surface area (Å²) in [7, 11) is 4.04. The van der Waals surface area contributed by atoms with Crippen molar-refractivity contribution in [3.8, 4) is 11.5 Å². The number of nitrogens with zero attached hydrogens (tertiary/aromatic N) is 2. The van der Waals surface area contributed by atoms with E-state index < -0.39 is 4.92 Å². The third kappa shape index (κ3) is 3.79. The van der Waals surface area contributed by atoms with Gasteiger partial charge >= 0.3 is 0 Å². The van der Waals surface area contributed by atoms with Crippen molar-refractivity contribution in [3.05, 3.63) is 64.2 Å². The third-order valence-electron chi connectivity index (χ3n) is 3.40. The Morgan fingerprint density at radius 3 is 2.33 bits per heavy atom. The summed E-state index contributed by atoms with van der Waals surface area (Å²) in [6.07, 6.45) is 0. The van der Waals surface area contributed by atoms with Crippen molar-refractivity contribution in [2.45, 2.75) is 13.0 Å². The molecule has 1 unspecified atom stereocenters. The molecule has 0 spiro atoms. The van der Waals surface area contributed by atoms with Gasteiger partial charge in [-0.3, -0.25) is 10.1 Å². The van der Waals surface area contributed by atoms with Crippen LogP contribution in [-0.4, -0.2) is 23.9 Å². The van der Waals surface area contributed by atoms with E-state index in [9.17, 15) is 10.1 Å². The first-order valence-corrected chi connectivity index (χ1v) is 6.66. The third-order valence-corrected chi connectivity index (χ3v) is 3.40. The summed E-state index contributed by atoms with van der Waals surface area (Å²) in [6, 6.07) is 14.2. The Balaban J connectivity index is 2.16. The van der Waals surface area contributed by atoms with Gasteiger partial charge in [0.25, 0.3) is 5.69 Å². The van der Waals surface area contributed by atoms with Gasteiger partial charge in [0.15, 0.2) is 0 Å². The monoisotopic (exact) mass is 286 g/mol. The lowest BCUT2D eigenvalue weighted by molar-refractivity contribution is -0.384. The zero-order valence-corrected chi connectivity index (χ0v) is 12.3. The van der Waals surface area contributed by atoms with E-state index in [1.165, 1.54) is 12.1 Å². The second kappa shape index (κ2) is 6.37. The number of nitro groups is 1. The molecule has 0 aliphatic rings. The molecule has 0 aromatic heterocycles. The van der Waals surface area contributed by atoms with Gasteiger partial charge in [0.2, 0.25) is 0 Å². The average molecular weight is 286 g/mol. The summed E-state index contributed by atoms with van der Waals surface area (Å²) in [5.74, 6) is 1.30. The highest BCUT2D eigenvalue weighted by molar-refractivity contribution is 5.39. The van der Waals surface area contributed by atoms with Gasteiger partial charge in [0.1, 0.15) is 11.5 Å². The van der Waals surface area contributed by atoms with Gasteiger partial charge in [-0.1, -0.05) is 12.1 Å². The summed E-state index contributed by atoms with van der Waals surface area (Å²) in [6.45, 7) is 2.12. The number of hydrogen-bond donors (Lipinski definition) is 0. The predicted molar refractivity (Wildman–Crippen MR) is 81.7 cm³/mol. The Morgan fingerprint density at radius 1 is 1.10 bits per heavy atom. The van der Waals surface area contributed by atoms with Gasteiger partial charge in [0.05, 0.1) is 4.92 Å². The number of non-ortho nitro benzene ring substituents is 1. The van der Waals surface area contributed by atoms with Crippen LogP contribution in [0.2, 0.25) is 0 Å². The molecule has 0 amide bonds. The van der Waals surface area contributed by atoms with E-state index in [0.717, 1.165) is 11.3 Å². The first-order valence-electron chi connectivity index (χ1n) is 6.66. The Kier molecular flexibility index (Phi) is 4.55. The van der Waals surface area contributed by atoms with E-state index in [1.807, 2.05) is 38.4 Å². The van der Waals surface area contributed by atoms with Crippen LogP contribution in [0.15, 0.2) is 48.5 Å². The van der Waals surface area contributed by atoms with Crippen LogP contribution in [0.5, 0.6) is 11.5 Å². The summed E-state index contributed by atoms with van der Waals surface area (Å²) in [5, 5.41) is 10.6. The van der Waals surface area contributed by atoms with Crippen molar-refractivity contribution in [2.75, 3.05) is 14.1 Å². The van der Waals surface area contributed by atoms with Crippen molar-refractivity contribution in [3.63, 3.8) is 0 Å². The highest BCUT2D eigenvalue weighted by Crippen LogP contribution is 2.27. The van der Waals surface area contributed by atoms with Gasteiger partial charge in [-0.05, 0) is 50.8 Å². The molecule has 5 heteroatoms. The molecule has 0 fully saturated rings. The van der Waals surface area contributed by atoms with Crippen molar-refractivity contribution in [2.24, 2.45) is 0 Å². The zero-order valence-electron chi connectivity index (χ0n) is 12.3. The van der Waals surface area contributed by atoms with Crippen LogP contribution in [0.25, 0.3) is 0 Å². The van der Waals surface area contributed by atoms with E-state index in [0.29, 0.717) is 5.75 Å². The lowest BCUT2D eigenvalue weighted by Gasteiger charge is -2.20. The molecular weight excluding hydrogens is 268 g/mol. The average Bonchev–Trinajstić information content (AvgIpc) is 2.47. The topological polar surface area (TPSA) is 55.6 Å². The first-order chi connectivity index (χ1) is 9.97. The number of benzene rings is 2. The largest absolute Gasteiger partial charge is 0.457 e. The predicted octanol–water partition coefficient (Wildman–Crippen LogP) is 4.01. The van der Waals surface area contributed by atoms with E-state index >= 15 is 0 Å². The maximum Gasteiger partial charge on any atom is 0.269 e. The zero-order chi connectivity index (χ0) is 15.4. The Bertz CT molecular complexity index is 624. The van der Waals surface area contributed by atoms with Gasteiger partial charge in [-0.2, -0.15) is 0 Å². The lowest BCUT2D eigenvalue weighted by Crippen LogP contribution is -2.16. The number of nitro benzene ring substituents is 1. The molecule has 0 radical (unpaired) electrons. The molecule has 2 aromatic rings. The van der Waals surface area contributed by atoms with Crippen LogP contribution >= 0.6 is 0 Å². The molecule has 0 N–H and O–H groups in total. The summed E-state index contributed by atoms with van der Waals surface area (Å²) in [4.78, 5) is 12.3. The Morgan fingerprint density at radius 2 is 1.76 bits per heavy atom. The minimum Gasteiger partial charge on any atom is -0.457 e. The fourth-order valence-corrected chi connectivity index (χ4v) is 1.91. The van der Waals surface area contributed by atoms with Crippen molar-refractivity contribution in [1.29, 1.82) is 0 Å². The molecule has 1 atom stereocenters. The second-order valence-electron chi connectivity index (χ2n) is 5.07. The molecule has 0 saturated heterocycles. The van der Waals surface area contributed by atoms with E-state index in [2.05, 4.69) is 11.8 Å². The summed E-state index contributed by atoms with van der Waals surface area (Å²) >= 11 is 0. The summed E-state index contributed by atoms with van der Waals surface area (Å²) < 4.78 is 5.74. The molecule has 2 aromatic carbocycles. The molecule has 21 heavy (non-hydrogen) atoms. The first kappa shape index (κ1) is 15.0. The molecule has 2 rings (SSSR count). The molecule has 0 aliphatic carbocycles. The molecule has 0 aliphatic heterocycles. The molecule has 110 valence electrons. The van der Waals surface area contributed by atoms with Crippen molar-refractivity contribution in [1.82, 2.24) is 4.90 Å². The molecule has 0 bridgehead atoms. The van der Waals surface area contributed by atoms with Gasteiger partial charge in [0, 0.05) is 18.2 Å². The van der Waals surface area contributed by atoms with E-state index in [-0.39, 0.29) is 11.7 Å². The van der Waals surface area contributed by atoms with Gasteiger partial charge < -0.3 is 9.64 Å². The minimum absolute atomic E-state index is 0.0531. The molecule has 0 saturated carbocycles. The van der Waals surface area contributed by atoms with Crippen LogP contribution < -0.4 is 4.74 Å². The second-order valence-corrected chi connectivity index (χ2v) is 5.07. The van der Waals surface area contributed by atoms with Crippen LogP contribution in [0.1, 0.15) is 18.5 Å². The SMILES string of the molecule is CC(c1cccc(Oc2ccc([N+](=O)[O-])cc2)c1)N(C)C. The standard InChI is InChI=1S/C16H18N2O3/c1-12(17(2)3)13-5-4-6-16(11-13)21-15-9-7-14(8-10-15)18(19)20/h4-12H,1-3H3. The van der Waals surface area contributed by atoms with Crippen LogP contribution in [-0.2, 0) is 0 Å². The number of hydrogen-bond acceptors (Lipinski definition) is 4. The minimum atomic E-state index is -0.427. The fraction of sp³-hybridized carbons (Fsp3) is 0.250. The lowest BCUT2D eigenvalue weighted by atomic mass is 10.1. The summed E-state index contributed by atoms with van der Waals surface area (Å²) in [5.41, 5.74) is 1.21. The van der Waals surface area contributed by atoms with Crippen LogP contribution in [0, 0.1) is 10.1 Å². The highest BCUT2D eigenvalue weighted by atomic mass is 16.6.